The van der Waals surface area contributed by atoms with E-state index in [4.69, 9.17) is 0 Å². The molecule has 0 radical (unpaired) electrons. The minimum absolute atomic E-state index is 0.0375. The van der Waals surface area contributed by atoms with Gasteiger partial charge in [-0.05, 0) is 29.8 Å². The molecule has 1 N–H and O–H groups in total. The van der Waals surface area contributed by atoms with E-state index in [9.17, 15) is 22.4 Å². The van der Waals surface area contributed by atoms with E-state index in [2.05, 4.69) is 15.2 Å². The second-order valence-electron chi connectivity index (χ2n) is 6.43. The van der Waals surface area contributed by atoms with Crippen molar-refractivity contribution in [3.05, 3.63) is 77.6 Å². The number of rotatable bonds is 7. The monoisotopic (exact) mass is 422 g/mol. The predicted octanol–water partition coefficient (Wildman–Crippen LogP) is 4.09. The number of urea groups is 1. The van der Waals surface area contributed by atoms with Crippen molar-refractivity contribution in [2.24, 2.45) is 0 Å². The van der Waals surface area contributed by atoms with Crippen LogP contribution >= 0.6 is 0 Å². The Morgan fingerprint density at radius 1 is 1.17 bits per heavy atom. The normalized spacial score (nSPS) is 10.9. The van der Waals surface area contributed by atoms with Gasteiger partial charge >= 0.3 is 12.6 Å². The fraction of sp³-hybridized carbons (Fsp3) is 0.200. The molecule has 6 nitrogen and oxygen atoms in total. The third-order valence-electron chi connectivity index (χ3n) is 4.15. The topological polar surface area (TPSA) is 59.4 Å². The molecule has 0 aliphatic carbocycles. The van der Waals surface area contributed by atoms with Crippen LogP contribution in [0.4, 0.5) is 22.4 Å². The zero-order valence-corrected chi connectivity index (χ0v) is 15.9. The van der Waals surface area contributed by atoms with Crippen molar-refractivity contribution in [2.45, 2.75) is 19.7 Å². The molecule has 0 aliphatic rings. The molecule has 1 heterocycles. The van der Waals surface area contributed by atoms with Crippen LogP contribution in [0.25, 0.3) is 5.69 Å². The summed E-state index contributed by atoms with van der Waals surface area (Å²) in [4.78, 5) is 13.7. The molecule has 0 unspecified atom stereocenters. The van der Waals surface area contributed by atoms with E-state index in [1.54, 1.807) is 19.2 Å². The van der Waals surface area contributed by atoms with Crippen LogP contribution in [0.3, 0.4) is 0 Å². The molecule has 1 aromatic heterocycles. The molecule has 2 amide bonds. The quantitative estimate of drug-likeness (QED) is 0.584. The summed E-state index contributed by atoms with van der Waals surface area (Å²) in [5.41, 5.74) is 1.44. The number of amides is 2. The lowest BCUT2D eigenvalue weighted by molar-refractivity contribution is -0.0498. The Morgan fingerprint density at radius 3 is 2.57 bits per heavy atom. The number of aromatic nitrogens is 2. The molecule has 2 aromatic carbocycles. The zero-order chi connectivity index (χ0) is 21.7. The average molecular weight is 422 g/mol. The summed E-state index contributed by atoms with van der Waals surface area (Å²) in [6, 6.07) is 8.76. The summed E-state index contributed by atoms with van der Waals surface area (Å²) in [5.74, 6) is -1.40. The maximum atomic E-state index is 13.8. The van der Waals surface area contributed by atoms with Crippen molar-refractivity contribution in [3.63, 3.8) is 0 Å². The number of carbonyl (C=O) groups is 1. The molecule has 3 rings (SSSR count). The SMILES string of the molecule is CN(Cc1ccc(OC(F)F)cc1)C(=O)NCc1cnn(-c2ccc(F)cc2F)c1. The number of ether oxygens (including phenoxy) is 1. The highest BCUT2D eigenvalue weighted by molar-refractivity contribution is 5.73. The number of nitrogens with zero attached hydrogens (tertiary/aromatic N) is 3. The lowest BCUT2D eigenvalue weighted by atomic mass is 10.2. The first kappa shape index (κ1) is 21.2. The van der Waals surface area contributed by atoms with Gasteiger partial charge < -0.3 is 15.0 Å². The molecule has 30 heavy (non-hydrogen) atoms. The van der Waals surface area contributed by atoms with Crippen LogP contribution < -0.4 is 10.1 Å². The van der Waals surface area contributed by atoms with E-state index in [1.807, 2.05) is 0 Å². The first-order chi connectivity index (χ1) is 14.3. The van der Waals surface area contributed by atoms with Crippen molar-refractivity contribution >= 4 is 6.03 Å². The van der Waals surface area contributed by atoms with Crippen molar-refractivity contribution < 1.29 is 27.1 Å². The molecule has 0 atom stereocenters. The van der Waals surface area contributed by atoms with Gasteiger partial charge in [0.05, 0.1) is 6.20 Å². The lowest BCUT2D eigenvalue weighted by Crippen LogP contribution is -2.36. The van der Waals surface area contributed by atoms with Crippen LogP contribution in [0.2, 0.25) is 0 Å². The third kappa shape index (κ3) is 5.49. The van der Waals surface area contributed by atoms with E-state index in [1.165, 1.54) is 40.2 Å². The van der Waals surface area contributed by atoms with Crippen LogP contribution in [-0.2, 0) is 13.1 Å². The number of hydrogen-bond acceptors (Lipinski definition) is 3. The molecule has 3 aromatic rings. The third-order valence-corrected chi connectivity index (χ3v) is 4.15. The minimum Gasteiger partial charge on any atom is -0.435 e. The molecule has 0 spiro atoms. The van der Waals surface area contributed by atoms with E-state index < -0.39 is 18.2 Å². The molecular weight excluding hydrogens is 404 g/mol. The minimum atomic E-state index is -2.90. The number of halogens is 4. The van der Waals surface area contributed by atoms with Gasteiger partial charge in [0.2, 0.25) is 0 Å². The predicted molar refractivity (Wildman–Crippen MR) is 100 cm³/mol. The Balaban J connectivity index is 1.53. The summed E-state index contributed by atoms with van der Waals surface area (Å²) in [6.07, 6.45) is 2.99. The van der Waals surface area contributed by atoms with Crippen LogP contribution in [0.15, 0.2) is 54.9 Å². The first-order valence-electron chi connectivity index (χ1n) is 8.83. The Hall–Kier alpha value is -3.56. The second kappa shape index (κ2) is 9.29. The van der Waals surface area contributed by atoms with Crippen molar-refractivity contribution in [3.8, 4) is 11.4 Å². The maximum Gasteiger partial charge on any atom is 0.387 e. The molecule has 0 saturated carbocycles. The van der Waals surface area contributed by atoms with Gasteiger partial charge in [-0.2, -0.15) is 13.9 Å². The molecule has 10 heteroatoms. The van der Waals surface area contributed by atoms with Gasteiger partial charge in [-0.15, -0.1) is 0 Å². The van der Waals surface area contributed by atoms with Gasteiger partial charge in [0.25, 0.3) is 0 Å². The number of nitrogens with one attached hydrogen (secondary N) is 1. The molecule has 0 bridgehead atoms. The van der Waals surface area contributed by atoms with Gasteiger partial charge in [0.15, 0.2) is 5.82 Å². The largest absolute Gasteiger partial charge is 0.435 e. The number of carbonyl (C=O) groups excluding carboxylic acids is 1. The molecule has 0 fully saturated rings. The number of benzene rings is 2. The van der Waals surface area contributed by atoms with Crippen molar-refractivity contribution in [1.82, 2.24) is 20.0 Å². The van der Waals surface area contributed by atoms with Gasteiger partial charge in [0.1, 0.15) is 17.3 Å². The summed E-state index contributed by atoms with van der Waals surface area (Å²) >= 11 is 0. The highest BCUT2D eigenvalue weighted by Crippen LogP contribution is 2.16. The zero-order valence-electron chi connectivity index (χ0n) is 15.9. The maximum absolute atomic E-state index is 13.8. The second-order valence-corrected chi connectivity index (χ2v) is 6.43. The summed E-state index contributed by atoms with van der Waals surface area (Å²) in [5, 5.41) is 6.72. The van der Waals surface area contributed by atoms with Gasteiger partial charge in [0, 0.05) is 38.0 Å². The molecular formula is C20H18F4N4O2. The average Bonchev–Trinajstić information content (AvgIpc) is 3.16. The Morgan fingerprint density at radius 2 is 1.90 bits per heavy atom. The number of hydrogen-bond donors (Lipinski definition) is 1. The van der Waals surface area contributed by atoms with Crippen LogP contribution in [0.5, 0.6) is 5.75 Å². The smallest absolute Gasteiger partial charge is 0.387 e. The Kier molecular flexibility index (Phi) is 6.55. The first-order valence-corrected chi connectivity index (χ1v) is 8.83. The van der Waals surface area contributed by atoms with Crippen LogP contribution in [0, 0.1) is 11.6 Å². The van der Waals surface area contributed by atoms with Crippen molar-refractivity contribution in [1.29, 1.82) is 0 Å². The van der Waals surface area contributed by atoms with Crippen molar-refractivity contribution in [2.75, 3.05) is 7.05 Å². The van der Waals surface area contributed by atoms with E-state index in [-0.39, 0.29) is 30.6 Å². The highest BCUT2D eigenvalue weighted by atomic mass is 19.3. The fourth-order valence-corrected chi connectivity index (χ4v) is 2.68. The Bertz CT molecular complexity index is 1010. The summed E-state index contributed by atoms with van der Waals surface area (Å²) < 4.78 is 56.7. The van der Waals surface area contributed by atoms with Crippen LogP contribution in [0.1, 0.15) is 11.1 Å². The summed E-state index contributed by atoms with van der Waals surface area (Å²) in [7, 11) is 1.58. The van der Waals surface area contributed by atoms with E-state index >= 15 is 0 Å². The van der Waals surface area contributed by atoms with E-state index in [0.29, 0.717) is 5.56 Å². The van der Waals surface area contributed by atoms with Crippen LogP contribution in [-0.4, -0.2) is 34.4 Å². The van der Waals surface area contributed by atoms with Gasteiger partial charge in [-0.25, -0.2) is 18.3 Å². The van der Waals surface area contributed by atoms with Gasteiger partial charge in [-0.3, -0.25) is 0 Å². The standard InChI is InChI=1S/C20H18F4N4O2/c1-27(11-13-2-5-16(6-3-13)30-19(23)24)20(29)25-9-14-10-26-28(12-14)18-7-4-15(21)8-17(18)22/h2-8,10,12,19H,9,11H2,1H3,(H,25,29). The fourth-order valence-electron chi connectivity index (χ4n) is 2.68. The summed E-state index contributed by atoms with van der Waals surface area (Å²) in [6.45, 7) is -2.50. The Labute approximate surface area is 169 Å². The number of alkyl halides is 2. The van der Waals surface area contributed by atoms with E-state index in [0.717, 1.165) is 17.7 Å². The highest BCUT2D eigenvalue weighted by Gasteiger charge is 2.12. The molecule has 0 aliphatic heterocycles. The van der Waals surface area contributed by atoms with Gasteiger partial charge in [-0.1, -0.05) is 12.1 Å². The molecule has 158 valence electrons. The lowest BCUT2D eigenvalue weighted by Gasteiger charge is -2.18. The molecule has 0 saturated heterocycles.